The van der Waals surface area contributed by atoms with Crippen molar-refractivity contribution in [3.8, 4) is 0 Å². The van der Waals surface area contributed by atoms with Crippen LogP contribution in [0, 0.1) is 23.7 Å². The van der Waals surface area contributed by atoms with Crippen LogP contribution >= 0.6 is 0 Å². The van der Waals surface area contributed by atoms with Gasteiger partial charge in [0.1, 0.15) is 0 Å². The Morgan fingerprint density at radius 2 is 1.71 bits per heavy atom. The Hall–Kier alpha value is -0.260. The largest absolute Gasteiger partial charge is 0.0879 e. The topological polar surface area (TPSA) is 0 Å². The van der Waals surface area contributed by atoms with Gasteiger partial charge in [0, 0.05) is 0 Å². The summed E-state index contributed by atoms with van der Waals surface area (Å²) in [6, 6.07) is 0. The molecule has 0 aromatic rings. The molecule has 0 aromatic heterocycles. The first-order chi connectivity index (χ1) is 8.22. The molecule has 0 nitrogen and oxygen atoms in total. The van der Waals surface area contributed by atoms with E-state index in [0.29, 0.717) is 0 Å². The van der Waals surface area contributed by atoms with E-state index in [2.05, 4.69) is 26.8 Å². The summed E-state index contributed by atoms with van der Waals surface area (Å²) in [5.41, 5.74) is 1.75. The molecule has 3 unspecified atom stereocenters. The highest BCUT2D eigenvalue weighted by Crippen LogP contribution is 2.40. The van der Waals surface area contributed by atoms with Gasteiger partial charge in [-0.1, -0.05) is 57.6 Å². The van der Waals surface area contributed by atoms with Gasteiger partial charge in [-0.2, -0.15) is 0 Å². The summed E-state index contributed by atoms with van der Waals surface area (Å²) >= 11 is 0. The fourth-order valence-corrected chi connectivity index (χ4v) is 4.00. The summed E-state index contributed by atoms with van der Waals surface area (Å²) in [4.78, 5) is 0. The lowest BCUT2D eigenvalue weighted by molar-refractivity contribution is 0.247. The lowest BCUT2D eigenvalue weighted by Crippen LogP contribution is -2.18. The first-order valence-electron chi connectivity index (χ1n) is 7.88. The Bertz CT molecular complexity index is 259. The second-order valence-electron chi connectivity index (χ2n) is 6.54. The van der Waals surface area contributed by atoms with Crippen molar-refractivity contribution in [1.29, 1.82) is 0 Å². The zero-order chi connectivity index (χ0) is 12.3. The smallest absolute Gasteiger partial charge is 0.0201 e. The fourth-order valence-electron chi connectivity index (χ4n) is 4.00. The monoisotopic (exact) mass is 234 g/mol. The third-order valence-electron chi connectivity index (χ3n) is 5.52. The van der Waals surface area contributed by atoms with Gasteiger partial charge >= 0.3 is 0 Å². The molecule has 0 amide bonds. The molecular formula is C17H30. The van der Waals surface area contributed by atoms with E-state index in [4.69, 9.17) is 0 Å². The first kappa shape index (κ1) is 13.2. The molecule has 0 saturated heterocycles. The average Bonchev–Trinajstić information content (AvgIpc) is 2.37. The van der Waals surface area contributed by atoms with Gasteiger partial charge in [-0.3, -0.25) is 0 Å². The molecule has 0 bridgehead atoms. The third kappa shape index (κ3) is 3.14. The summed E-state index contributed by atoms with van der Waals surface area (Å²) in [5, 5.41) is 0. The van der Waals surface area contributed by atoms with E-state index >= 15 is 0 Å². The zero-order valence-corrected chi connectivity index (χ0v) is 12.0. The van der Waals surface area contributed by atoms with Crippen LogP contribution in [0.25, 0.3) is 0 Å². The molecule has 0 N–H and O–H groups in total. The van der Waals surface area contributed by atoms with E-state index < -0.39 is 0 Å². The molecule has 98 valence electrons. The molecule has 17 heavy (non-hydrogen) atoms. The minimum absolute atomic E-state index is 0.837. The normalized spacial score (nSPS) is 37.8. The highest BCUT2D eigenvalue weighted by atomic mass is 14.3. The van der Waals surface area contributed by atoms with Crippen LogP contribution in [0.1, 0.15) is 72.1 Å². The van der Waals surface area contributed by atoms with E-state index in [1.54, 1.807) is 5.57 Å². The molecule has 2 fully saturated rings. The SMILES string of the molecule is CC=C1C(C)CCCC(CCC2CCC2)C1C. The molecule has 0 aromatic carbocycles. The average molecular weight is 234 g/mol. The van der Waals surface area contributed by atoms with Crippen LogP contribution in [-0.4, -0.2) is 0 Å². The Morgan fingerprint density at radius 3 is 2.29 bits per heavy atom. The Balaban J connectivity index is 1.90. The molecule has 2 aliphatic carbocycles. The Labute approximate surface area is 108 Å². The molecule has 2 saturated carbocycles. The molecular weight excluding hydrogens is 204 g/mol. The van der Waals surface area contributed by atoms with Crippen LogP contribution in [0.3, 0.4) is 0 Å². The van der Waals surface area contributed by atoms with E-state index in [-0.39, 0.29) is 0 Å². The molecule has 0 spiro atoms. The highest BCUT2D eigenvalue weighted by Gasteiger charge is 2.28. The second kappa shape index (κ2) is 6.07. The summed E-state index contributed by atoms with van der Waals surface area (Å²) < 4.78 is 0. The van der Waals surface area contributed by atoms with Crippen LogP contribution in [0.15, 0.2) is 11.6 Å². The molecule has 2 rings (SSSR count). The van der Waals surface area contributed by atoms with Gasteiger partial charge in [-0.15, -0.1) is 0 Å². The maximum absolute atomic E-state index is 2.49. The molecule has 0 heteroatoms. The van der Waals surface area contributed by atoms with Gasteiger partial charge in [0.25, 0.3) is 0 Å². The van der Waals surface area contributed by atoms with Gasteiger partial charge in [0.2, 0.25) is 0 Å². The van der Waals surface area contributed by atoms with Crippen molar-refractivity contribution in [2.45, 2.75) is 72.1 Å². The van der Waals surface area contributed by atoms with Gasteiger partial charge in [-0.25, -0.2) is 0 Å². The zero-order valence-electron chi connectivity index (χ0n) is 12.0. The molecule has 0 aliphatic heterocycles. The van der Waals surface area contributed by atoms with Crippen molar-refractivity contribution in [2.75, 3.05) is 0 Å². The highest BCUT2D eigenvalue weighted by molar-refractivity contribution is 5.11. The molecule has 0 heterocycles. The minimum atomic E-state index is 0.837. The summed E-state index contributed by atoms with van der Waals surface area (Å²) in [6.45, 7) is 7.17. The Morgan fingerprint density at radius 1 is 1.00 bits per heavy atom. The molecule has 0 radical (unpaired) electrons. The predicted octanol–water partition coefficient (Wildman–Crippen LogP) is 5.59. The van der Waals surface area contributed by atoms with E-state index in [1.807, 2.05) is 0 Å². The van der Waals surface area contributed by atoms with Crippen LogP contribution in [0.2, 0.25) is 0 Å². The first-order valence-corrected chi connectivity index (χ1v) is 7.88. The Kier molecular flexibility index (Phi) is 4.70. The van der Waals surface area contributed by atoms with E-state index in [0.717, 1.165) is 23.7 Å². The van der Waals surface area contributed by atoms with Crippen molar-refractivity contribution < 1.29 is 0 Å². The van der Waals surface area contributed by atoms with Crippen molar-refractivity contribution in [3.05, 3.63) is 11.6 Å². The van der Waals surface area contributed by atoms with Crippen LogP contribution < -0.4 is 0 Å². The second-order valence-corrected chi connectivity index (χ2v) is 6.54. The van der Waals surface area contributed by atoms with Crippen LogP contribution in [0.5, 0.6) is 0 Å². The number of rotatable bonds is 3. The lowest BCUT2D eigenvalue weighted by Gasteiger charge is -2.30. The number of hydrogen-bond acceptors (Lipinski definition) is 0. The number of allylic oxidation sites excluding steroid dienone is 2. The maximum Gasteiger partial charge on any atom is -0.0201 e. The van der Waals surface area contributed by atoms with Crippen molar-refractivity contribution in [1.82, 2.24) is 0 Å². The fraction of sp³-hybridized carbons (Fsp3) is 0.882. The summed E-state index contributed by atoms with van der Waals surface area (Å²) in [6.07, 6.45) is 14.3. The van der Waals surface area contributed by atoms with Gasteiger partial charge in [-0.05, 0) is 49.9 Å². The standard InChI is InChI=1S/C17H30/c1-4-17-13(2)7-5-10-16(14(17)3)12-11-15-8-6-9-15/h4,13-16H,5-12H2,1-3H3. The lowest BCUT2D eigenvalue weighted by atomic mass is 9.76. The third-order valence-corrected chi connectivity index (χ3v) is 5.52. The minimum Gasteiger partial charge on any atom is -0.0879 e. The number of hydrogen-bond donors (Lipinski definition) is 0. The molecule has 2 aliphatic rings. The van der Waals surface area contributed by atoms with E-state index in [9.17, 15) is 0 Å². The molecule has 3 atom stereocenters. The van der Waals surface area contributed by atoms with Crippen LogP contribution in [0.4, 0.5) is 0 Å². The van der Waals surface area contributed by atoms with Crippen LogP contribution in [-0.2, 0) is 0 Å². The van der Waals surface area contributed by atoms with Crippen molar-refractivity contribution in [2.24, 2.45) is 23.7 Å². The maximum atomic E-state index is 2.49. The van der Waals surface area contributed by atoms with Gasteiger partial charge in [0.05, 0.1) is 0 Å². The van der Waals surface area contributed by atoms with Gasteiger partial charge < -0.3 is 0 Å². The summed E-state index contributed by atoms with van der Waals surface area (Å²) in [7, 11) is 0. The van der Waals surface area contributed by atoms with Crippen molar-refractivity contribution in [3.63, 3.8) is 0 Å². The predicted molar refractivity (Wildman–Crippen MR) is 76.0 cm³/mol. The quantitative estimate of drug-likeness (QED) is 0.441. The van der Waals surface area contributed by atoms with E-state index in [1.165, 1.54) is 51.4 Å². The summed E-state index contributed by atoms with van der Waals surface area (Å²) in [5.74, 6) is 3.75. The van der Waals surface area contributed by atoms with Gasteiger partial charge in [0.15, 0.2) is 0 Å². The van der Waals surface area contributed by atoms with Crippen molar-refractivity contribution >= 4 is 0 Å².